The Bertz CT molecular complexity index is 1170. The molecule has 0 bridgehead atoms. The van der Waals surface area contributed by atoms with Crippen LogP contribution in [0.15, 0.2) is 42.5 Å². The Hall–Kier alpha value is -2.97. The lowest BCUT2D eigenvalue weighted by Gasteiger charge is -2.32. The Morgan fingerprint density at radius 3 is 2.03 bits per heavy atom. The number of carbonyl (C=O) groups excluding carboxylic acids is 3. The van der Waals surface area contributed by atoms with E-state index < -0.39 is 23.4 Å². The smallest absolute Gasteiger partial charge is 0.420 e. The molecule has 8 nitrogen and oxygen atoms in total. The molecule has 0 spiro atoms. The van der Waals surface area contributed by atoms with E-state index >= 15 is 0 Å². The zero-order valence-electron chi connectivity index (χ0n) is 23.3. The lowest BCUT2D eigenvalue weighted by Crippen LogP contribution is -2.43. The van der Waals surface area contributed by atoms with Crippen LogP contribution in [0.2, 0.25) is 10.0 Å². The first-order chi connectivity index (χ1) is 18.1. The monoisotopic (exact) mass is 577 g/mol. The van der Waals surface area contributed by atoms with Crippen molar-refractivity contribution in [3.63, 3.8) is 0 Å². The summed E-state index contributed by atoms with van der Waals surface area (Å²) in [7, 11) is 0. The van der Waals surface area contributed by atoms with Gasteiger partial charge in [0.15, 0.2) is 0 Å². The van der Waals surface area contributed by atoms with Gasteiger partial charge in [0.05, 0.1) is 16.6 Å². The lowest BCUT2D eigenvalue weighted by molar-refractivity contribution is -0.000261. The molecule has 0 unspecified atom stereocenters. The SMILES string of the molecule is CC(C)(C)OC(=O)N(Cc1cccc(C2CCN(C(=O)Nc3ccc(Cl)c(Cl)c3)CC2)c1)C(=O)OC(C)(C)C. The summed E-state index contributed by atoms with van der Waals surface area (Å²) >= 11 is 12.0. The zero-order chi connectivity index (χ0) is 29.0. The van der Waals surface area contributed by atoms with Gasteiger partial charge in [0, 0.05) is 18.8 Å². The molecule has 1 N–H and O–H groups in total. The number of nitrogens with zero attached hydrogens (tertiary/aromatic N) is 2. The molecule has 0 aromatic heterocycles. The van der Waals surface area contributed by atoms with Crippen LogP contribution in [0.4, 0.5) is 20.1 Å². The molecule has 1 heterocycles. The summed E-state index contributed by atoms with van der Waals surface area (Å²) in [6, 6.07) is 12.6. The van der Waals surface area contributed by atoms with Gasteiger partial charge in [-0.3, -0.25) is 0 Å². The van der Waals surface area contributed by atoms with Gasteiger partial charge in [-0.1, -0.05) is 47.5 Å². The molecule has 0 saturated carbocycles. The molecule has 2 aromatic carbocycles. The average molecular weight is 579 g/mol. The number of anilines is 1. The highest BCUT2D eigenvalue weighted by atomic mass is 35.5. The minimum Gasteiger partial charge on any atom is -0.443 e. The molecule has 1 fully saturated rings. The van der Waals surface area contributed by atoms with E-state index in [2.05, 4.69) is 5.32 Å². The van der Waals surface area contributed by atoms with Crippen LogP contribution in [0.1, 0.15) is 71.4 Å². The fourth-order valence-corrected chi connectivity index (χ4v) is 4.46. The summed E-state index contributed by atoms with van der Waals surface area (Å²) in [6.45, 7) is 11.7. The Balaban J connectivity index is 1.66. The van der Waals surface area contributed by atoms with E-state index in [0.717, 1.165) is 28.9 Å². The second-order valence-electron chi connectivity index (χ2n) is 11.6. The van der Waals surface area contributed by atoms with Crippen LogP contribution in [0.25, 0.3) is 0 Å². The first-order valence-corrected chi connectivity index (χ1v) is 13.7. The highest BCUT2D eigenvalue weighted by molar-refractivity contribution is 6.42. The van der Waals surface area contributed by atoms with Crippen molar-refractivity contribution >= 4 is 47.1 Å². The third kappa shape index (κ3) is 9.32. The minimum absolute atomic E-state index is 0.0164. The van der Waals surface area contributed by atoms with Crippen molar-refractivity contribution in [3.05, 3.63) is 63.6 Å². The van der Waals surface area contributed by atoms with Crippen molar-refractivity contribution in [2.75, 3.05) is 18.4 Å². The molecule has 1 aliphatic heterocycles. The summed E-state index contributed by atoms with van der Waals surface area (Å²) in [5, 5.41) is 3.68. The van der Waals surface area contributed by atoms with Gasteiger partial charge >= 0.3 is 18.2 Å². The topological polar surface area (TPSA) is 88.2 Å². The largest absolute Gasteiger partial charge is 0.443 e. The van der Waals surface area contributed by atoms with Crippen LogP contribution >= 0.6 is 23.2 Å². The number of nitrogens with one attached hydrogen (secondary N) is 1. The molecule has 2 aromatic rings. The van der Waals surface area contributed by atoms with Crippen molar-refractivity contribution in [2.24, 2.45) is 0 Å². The first-order valence-electron chi connectivity index (χ1n) is 12.9. The summed E-state index contributed by atoms with van der Waals surface area (Å²) in [5.41, 5.74) is 0.927. The van der Waals surface area contributed by atoms with Gasteiger partial charge in [0.1, 0.15) is 11.2 Å². The number of piperidine rings is 1. The van der Waals surface area contributed by atoms with Gasteiger partial charge in [-0.15, -0.1) is 0 Å². The van der Waals surface area contributed by atoms with Gasteiger partial charge < -0.3 is 19.7 Å². The standard InChI is InChI=1S/C29H37Cl2N3O5/c1-28(2,3)38-26(36)34(27(37)39-29(4,5)6)18-19-8-7-9-21(16-19)20-12-14-33(15-13-20)25(35)32-22-10-11-23(30)24(31)17-22/h7-11,16-17,20H,12-15,18H2,1-6H3,(H,32,35). The van der Waals surface area contributed by atoms with Crippen LogP contribution in [-0.2, 0) is 16.0 Å². The van der Waals surface area contributed by atoms with Crippen molar-refractivity contribution in [2.45, 2.75) is 78.0 Å². The number of carbonyl (C=O) groups is 3. The molecular weight excluding hydrogens is 541 g/mol. The molecule has 0 radical (unpaired) electrons. The number of imide groups is 1. The number of rotatable bonds is 4. The van der Waals surface area contributed by atoms with Gasteiger partial charge in [-0.25, -0.2) is 19.3 Å². The summed E-state index contributed by atoms with van der Waals surface area (Å²) < 4.78 is 10.9. The van der Waals surface area contributed by atoms with Gasteiger partial charge in [-0.2, -0.15) is 0 Å². The van der Waals surface area contributed by atoms with Crippen LogP contribution in [0, 0.1) is 0 Å². The Labute approximate surface area is 240 Å². The van der Waals surface area contributed by atoms with Crippen molar-refractivity contribution < 1.29 is 23.9 Å². The fourth-order valence-electron chi connectivity index (χ4n) is 4.16. The molecule has 1 aliphatic rings. The number of ether oxygens (including phenoxy) is 2. The molecule has 1 saturated heterocycles. The molecular formula is C29H37Cl2N3O5. The maximum Gasteiger partial charge on any atom is 0.420 e. The molecule has 10 heteroatoms. The van der Waals surface area contributed by atoms with Crippen LogP contribution in [0.5, 0.6) is 0 Å². The van der Waals surface area contributed by atoms with E-state index in [1.165, 1.54) is 0 Å². The van der Waals surface area contributed by atoms with E-state index in [0.29, 0.717) is 28.8 Å². The number of benzene rings is 2. The van der Waals surface area contributed by atoms with Crippen LogP contribution < -0.4 is 5.32 Å². The Kier molecular flexibility index (Phi) is 9.78. The van der Waals surface area contributed by atoms with E-state index in [4.69, 9.17) is 32.7 Å². The van der Waals surface area contributed by atoms with Gasteiger partial charge in [-0.05, 0) is 89.6 Å². The average Bonchev–Trinajstić information content (AvgIpc) is 2.83. The Morgan fingerprint density at radius 2 is 1.49 bits per heavy atom. The second kappa shape index (κ2) is 12.5. The van der Waals surface area contributed by atoms with Crippen molar-refractivity contribution in [3.8, 4) is 0 Å². The summed E-state index contributed by atoms with van der Waals surface area (Å²) in [4.78, 5) is 41.3. The van der Waals surface area contributed by atoms with Gasteiger partial charge in [0.2, 0.25) is 0 Å². The highest BCUT2D eigenvalue weighted by Crippen LogP contribution is 2.30. The molecule has 39 heavy (non-hydrogen) atoms. The predicted molar refractivity (Wildman–Crippen MR) is 153 cm³/mol. The van der Waals surface area contributed by atoms with Crippen LogP contribution in [-0.4, -0.2) is 52.3 Å². The molecule has 212 valence electrons. The third-order valence-electron chi connectivity index (χ3n) is 5.94. The molecule has 0 aliphatic carbocycles. The Morgan fingerprint density at radius 1 is 0.897 bits per heavy atom. The third-order valence-corrected chi connectivity index (χ3v) is 6.68. The number of hydrogen-bond acceptors (Lipinski definition) is 5. The van der Waals surface area contributed by atoms with E-state index in [1.54, 1.807) is 64.6 Å². The number of urea groups is 1. The summed E-state index contributed by atoms with van der Waals surface area (Å²) in [6.07, 6.45) is 0.0343. The van der Waals surface area contributed by atoms with Crippen molar-refractivity contribution in [1.82, 2.24) is 9.80 Å². The zero-order valence-corrected chi connectivity index (χ0v) is 24.9. The molecule has 4 amide bonds. The maximum absolute atomic E-state index is 12.9. The number of halogens is 2. The molecule has 3 rings (SSSR count). The quantitative estimate of drug-likeness (QED) is 0.396. The second-order valence-corrected chi connectivity index (χ2v) is 12.4. The van der Waals surface area contributed by atoms with E-state index in [1.807, 2.05) is 24.3 Å². The number of amides is 4. The number of hydrogen-bond donors (Lipinski definition) is 1. The summed E-state index contributed by atoms with van der Waals surface area (Å²) in [5.74, 6) is 0.232. The lowest BCUT2D eigenvalue weighted by atomic mass is 9.88. The molecule has 0 atom stereocenters. The van der Waals surface area contributed by atoms with Crippen molar-refractivity contribution in [1.29, 1.82) is 0 Å². The number of likely N-dealkylation sites (tertiary alicyclic amines) is 1. The van der Waals surface area contributed by atoms with E-state index in [9.17, 15) is 14.4 Å². The van der Waals surface area contributed by atoms with Gasteiger partial charge in [0.25, 0.3) is 0 Å². The maximum atomic E-state index is 12.9. The first kappa shape index (κ1) is 30.6. The predicted octanol–water partition coefficient (Wildman–Crippen LogP) is 8.08. The normalized spacial score (nSPS) is 14.5. The van der Waals surface area contributed by atoms with Crippen LogP contribution in [0.3, 0.4) is 0 Å². The fraction of sp³-hybridized carbons (Fsp3) is 0.483. The minimum atomic E-state index is -0.765. The highest BCUT2D eigenvalue weighted by Gasteiger charge is 2.32. The van der Waals surface area contributed by atoms with E-state index in [-0.39, 0.29) is 18.5 Å².